The Labute approximate surface area is 201 Å². The number of carbonyl (C=O) groups excluding carboxylic acids is 3. The van der Waals surface area contributed by atoms with Crippen LogP contribution in [0, 0.1) is 0 Å². The highest BCUT2D eigenvalue weighted by atomic mass is 32.1. The molecule has 2 aromatic rings. The zero-order valence-electron chi connectivity index (χ0n) is 18.4. The van der Waals surface area contributed by atoms with Gasteiger partial charge >= 0.3 is 18.2 Å². The first-order valence-electron chi connectivity index (χ1n) is 10.5. The maximum absolute atomic E-state index is 13.3. The molecule has 2 aliphatic heterocycles. The van der Waals surface area contributed by atoms with E-state index in [4.69, 9.17) is 9.90 Å². The number of thiophene rings is 1. The molecule has 4 amide bonds. The van der Waals surface area contributed by atoms with Crippen molar-refractivity contribution in [1.82, 2.24) is 15.5 Å². The lowest BCUT2D eigenvalue weighted by Crippen LogP contribution is -2.50. The van der Waals surface area contributed by atoms with E-state index >= 15 is 0 Å². The Hall–Kier alpha value is -3.68. The topological polar surface area (TPSA) is 140 Å². The Bertz CT molecular complexity index is 1170. The SMILES string of the molecule is CCNC(=O)Nc1sc2ccccc2c1C(=O)N1CCC2(CC1)N=CNC2=O.O=C(O)C(F)(F)F. The highest BCUT2D eigenvalue weighted by molar-refractivity contribution is 7.23. The number of nitrogens with one attached hydrogen (secondary N) is 3. The molecule has 4 N–H and O–H groups in total. The molecule has 1 saturated heterocycles. The minimum absolute atomic E-state index is 0.0980. The van der Waals surface area contributed by atoms with Crippen LogP contribution in [0.15, 0.2) is 29.3 Å². The van der Waals surface area contributed by atoms with Gasteiger partial charge in [-0.2, -0.15) is 13.2 Å². The number of amides is 4. The second-order valence-corrected chi connectivity index (χ2v) is 8.70. The summed E-state index contributed by atoms with van der Waals surface area (Å²) in [4.78, 5) is 52.4. The monoisotopic (exact) mass is 513 g/mol. The lowest BCUT2D eigenvalue weighted by molar-refractivity contribution is -0.192. The van der Waals surface area contributed by atoms with Crippen LogP contribution in [0.2, 0.25) is 0 Å². The number of urea groups is 1. The van der Waals surface area contributed by atoms with Crippen LogP contribution in [0.1, 0.15) is 30.1 Å². The normalized spacial score (nSPS) is 16.5. The molecule has 0 unspecified atom stereocenters. The van der Waals surface area contributed by atoms with E-state index in [0.29, 0.717) is 43.0 Å². The molecule has 14 heteroatoms. The van der Waals surface area contributed by atoms with Gasteiger partial charge in [-0.3, -0.25) is 19.9 Å². The number of carboxylic acid groups (broad SMARTS) is 1. The van der Waals surface area contributed by atoms with Crippen molar-refractivity contribution >= 4 is 56.6 Å². The molecule has 0 aliphatic carbocycles. The van der Waals surface area contributed by atoms with Crippen molar-refractivity contribution in [2.75, 3.05) is 25.0 Å². The molecule has 1 aromatic carbocycles. The first kappa shape index (κ1) is 25.9. The number of aliphatic imine (C=N–C) groups is 1. The van der Waals surface area contributed by atoms with E-state index in [1.54, 1.807) is 4.90 Å². The highest BCUT2D eigenvalue weighted by Crippen LogP contribution is 2.38. The van der Waals surface area contributed by atoms with E-state index in [9.17, 15) is 27.6 Å². The molecule has 188 valence electrons. The molecule has 2 aliphatic rings. The number of benzene rings is 1. The predicted octanol–water partition coefficient (Wildman–Crippen LogP) is 2.81. The van der Waals surface area contributed by atoms with Crippen LogP contribution in [-0.4, -0.2) is 71.5 Å². The third kappa shape index (κ3) is 5.70. The average molecular weight is 513 g/mol. The van der Waals surface area contributed by atoms with Gasteiger partial charge in [0.25, 0.3) is 11.8 Å². The second-order valence-electron chi connectivity index (χ2n) is 7.65. The summed E-state index contributed by atoms with van der Waals surface area (Å²) in [5, 5.41) is 16.6. The van der Waals surface area contributed by atoms with Crippen LogP contribution < -0.4 is 16.0 Å². The van der Waals surface area contributed by atoms with Crippen molar-refractivity contribution in [3.05, 3.63) is 29.8 Å². The van der Waals surface area contributed by atoms with Crippen molar-refractivity contribution in [3.63, 3.8) is 0 Å². The highest BCUT2D eigenvalue weighted by Gasteiger charge is 2.44. The quantitative estimate of drug-likeness (QED) is 0.500. The molecule has 1 aromatic heterocycles. The molecule has 35 heavy (non-hydrogen) atoms. The first-order chi connectivity index (χ1) is 16.5. The molecular weight excluding hydrogens is 491 g/mol. The zero-order chi connectivity index (χ0) is 25.8. The summed E-state index contributed by atoms with van der Waals surface area (Å²) in [5.74, 6) is -2.99. The summed E-state index contributed by atoms with van der Waals surface area (Å²) >= 11 is 1.38. The van der Waals surface area contributed by atoms with E-state index in [2.05, 4.69) is 20.9 Å². The van der Waals surface area contributed by atoms with Gasteiger partial charge in [0.1, 0.15) is 10.5 Å². The molecule has 0 bridgehead atoms. The maximum atomic E-state index is 13.3. The van der Waals surface area contributed by atoms with Gasteiger partial charge in [-0.05, 0) is 25.8 Å². The largest absolute Gasteiger partial charge is 0.490 e. The van der Waals surface area contributed by atoms with Gasteiger partial charge in [-0.15, -0.1) is 11.3 Å². The Kier molecular flexibility index (Phi) is 7.63. The van der Waals surface area contributed by atoms with Gasteiger partial charge < -0.3 is 20.6 Å². The number of alkyl halides is 3. The number of piperidine rings is 1. The van der Waals surface area contributed by atoms with Crippen LogP contribution in [0.5, 0.6) is 0 Å². The van der Waals surface area contributed by atoms with Gasteiger partial charge in [-0.25, -0.2) is 9.59 Å². The van der Waals surface area contributed by atoms with Gasteiger partial charge in [-0.1, -0.05) is 18.2 Å². The average Bonchev–Trinajstić information content (AvgIpc) is 3.33. The molecule has 3 heterocycles. The number of hydrogen-bond acceptors (Lipinski definition) is 6. The van der Waals surface area contributed by atoms with E-state index in [1.807, 2.05) is 31.2 Å². The predicted molar refractivity (Wildman–Crippen MR) is 123 cm³/mol. The number of nitrogens with zero attached hydrogens (tertiary/aromatic N) is 2. The second kappa shape index (κ2) is 10.3. The summed E-state index contributed by atoms with van der Waals surface area (Å²) in [6.45, 7) is 3.21. The Morgan fingerprint density at radius 2 is 1.86 bits per heavy atom. The fourth-order valence-corrected chi connectivity index (χ4v) is 4.74. The molecule has 1 spiro atoms. The molecule has 1 fully saturated rings. The smallest absolute Gasteiger partial charge is 0.475 e. The van der Waals surface area contributed by atoms with Crippen LogP contribution >= 0.6 is 11.3 Å². The molecule has 0 saturated carbocycles. The number of carboxylic acids is 1. The minimum Gasteiger partial charge on any atom is -0.475 e. The van der Waals surface area contributed by atoms with E-state index in [-0.39, 0.29) is 17.8 Å². The third-order valence-corrected chi connectivity index (χ3v) is 6.51. The zero-order valence-corrected chi connectivity index (χ0v) is 19.3. The van der Waals surface area contributed by atoms with Crippen molar-refractivity contribution in [2.45, 2.75) is 31.5 Å². The van der Waals surface area contributed by atoms with Crippen LogP contribution in [-0.2, 0) is 9.59 Å². The Morgan fingerprint density at radius 1 is 1.23 bits per heavy atom. The van der Waals surface area contributed by atoms with Crippen molar-refractivity contribution < 1.29 is 37.5 Å². The third-order valence-electron chi connectivity index (χ3n) is 5.42. The number of halogens is 3. The summed E-state index contributed by atoms with van der Waals surface area (Å²) in [5.41, 5.74) is -0.238. The van der Waals surface area contributed by atoms with Crippen molar-refractivity contribution in [3.8, 4) is 0 Å². The molecule has 4 rings (SSSR count). The first-order valence-corrected chi connectivity index (χ1v) is 11.3. The molecule has 0 atom stereocenters. The summed E-state index contributed by atoms with van der Waals surface area (Å²) in [6, 6.07) is 7.28. The lowest BCUT2D eigenvalue weighted by Gasteiger charge is -2.35. The van der Waals surface area contributed by atoms with Crippen LogP contribution in [0.4, 0.5) is 23.0 Å². The lowest BCUT2D eigenvalue weighted by atomic mass is 9.87. The van der Waals surface area contributed by atoms with Crippen LogP contribution in [0.3, 0.4) is 0 Å². The number of rotatable bonds is 3. The Balaban J connectivity index is 0.000000429. The fourth-order valence-electron chi connectivity index (χ4n) is 3.66. The van der Waals surface area contributed by atoms with Crippen molar-refractivity contribution in [2.24, 2.45) is 4.99 Å². The van der Waals surface area contributed by atoms with Gasteiger partial charge in [0.2, 0.25) is 0 Å². The molecule has 0 radical (unpaired) electrons. The van der Waals surface area contributed by atoms with E-state index in [1.165, 1.54) is 17.7 Å². The number of anilines is 1. The number of aliphatic carboxylic acids is 1. The van der Waals surface area contributed by atoms with E-state index in [0.717, 1.165) is 10.1 Å². The molecule has 10 nitrogen and oxygen atoms in total. The summed E-state index contributed by atoms with van der Waals surface area (Å²) in [7, 11) is 0. The summed E-state index contributed by atoms with van der Waals surface area (Å²) in [6.07, 6.45) is -2.66. The van der Waals surface area contributed by atoms with Gasteiger partial charge in [0.05, 0.1) is 11.9 Å². The van der Waals surface area contributed by atoms with Gasteiger partial charge in [0.15, 0.2) is 0 Å². The van der Waals surface area contributed by atoms with Crippen LogP contribution in [0.25, 0.3) is 10.1 Å². The number of likely N-dealkylation sites (tertiary alicyclic amines) is 1. The number of carbonyl (C=O) groups is 4. The van der Waals surface area contributed by atoms with Crippen molar-refractivity contribution in [1.29, 1.82) is 0 Å². The molecular formula is C21H22F3N5O5S. The standard InChI is InChI=1S/C19H21N5O3S.C2HF3O2/c1-2-20-18(27)23-15-14(12-5-3-4-6-13(12)28-15)16(25)24-9-7-19(8-10-24)17(26)21-11-22-19;3-2(4,5)1(6)7/h3-6,11H,2,7-10H2,1H3,(H2,20,23,27)(H,21,22,26);(H,6,7). The minimum atomic E-state index is -5.08. The maximum Gasteiger partial charge on any atom is 0.490 e. The van der Waals surface area contributed by atoms with E-state index < -0.39 is 17.7 Å². The Morgan fingerprint density at radius 3 is 2.40 bits per heavy atom. The number of hydrogen-bond donors (Lipinski definition) is 4. The fraction of sp³-hybridized carbons (Fsp3) is 0.381. The summed E-state index contributed by atoms with van der Waals surface area (Å²) < 4.78 is 32.7. The van der Waals surface area contributed by atoms with Gasteiger partial charge in [0, 0.05) is 29.7 Å². The number of fused-ring (bicyclic) bond motifs is 1.